The summed E-state index contributed by atoms with van der Waals surface area (Å²) in [7, 11) is 0. The molecule has 1 aliphatic rings. The number of fused-ring (bicyclic) bond motifs is 4. The van der Waals surface area contributed by atoms with Crippen LogP contribution in [-0.4, -0.2) is 14.5 Å². The van der Waals surface area contributed by atoms with Crippen LogP contribution in [0.25, 0.3) is 67.3 Å². The zero-order chi connectivity index (χ0) is 28.3. The minimum absolute atomic E-state index is 0.195. The average Bonchev–Trinajstić information content (AvgIpc) is 3.55. The van der Waals surface area contributed by atoms with E-state index in [1.165, 1.54) is 33.0 Å². The molecule has 3 heteroatoms. The second-order valence-electron chi connectivity index (χ2n) is 11.6. The molecular weight excluding hydrogens is 510 g/mol. The zero-order valence-corrected chi connectivity index (χ0v) is 23.6. The smallest absolute Gasteiger partial charge is 0.235 e. The van der Waals surface area contributed by atoms with Crippen LogP contribution in [0.4, 0.5) is 0 Å². The monoisotopic (exact) mass is 539 g/mol. The molecule has 0 amide bonds. The van der Waals surface area contributed by atoms with Crippen LogP contribution in [-0.2, 0) is 5.41 Å². The topological polar surface area (TPSA) is 30.7 Å². The van der Waals surface area contributed by atoms with Gasteiger partial charge in [0.25, 0.3) is 0 Å². The van der Waals surface area contributed by atoms with Gasteiger partial charge in [0.05, 0.1) is 22.4 Å². The first-order chi connectivity index (χ1) is 20.6. The predicted octanol–water partition coefficient (Wildman–Crippen LogP) is 9.88. The van der Waals surface area contributed by atoms with Crippen molar-refractivity contribution >= 4 is 27.9 Å². The minimum atomic E-state index is -0.195. The highest BCUT2D eigenvalue weighted by Gasteiger charge is 2.32. The molecule has 42 heavy (non-hydrogen) atoms. The van der Waals surface area contributed by atoms with Crippen LogP contribution in [0.2, 0.25) is 0 Å². The first-order valence-electron chi connectivity index (χ1n) is 14.4. The second-order valence-corrected chi connectivity index (χ2v) is 11.6. The van der Waals surface area contributed by atoms with E-state index in [9.17, 15) is 0 Å². The molecule has 2 heterocycles. The van der Waals surface area contributed by atoms with Crippen molar-refractivity contribution in [3.63, 3.8) is 0 Å². The van der Waals surface area contributed by atoms with E-state index >= 15 is 0 Å². The summed E-state index contributed by atoms with van der Waals surface area (Å²) in [5.41, 5.74) is 10.9. The summed E-state index contributed by atoms with van der Waals surface area (Å²) in [6.07, 6.45) is 4.42. The fourth-order valence-corrected chi connectivity index (χ4v) is 6.40. The lowest BCUT2D eigenvalue weighted by Gasteiger charge is -2.22. The summed E-state index contributed by atoms with van der Waals surface area (Å²) in [6, 6.07) is 45.1. The Morgan fingerprint density at radius 1 is 0.524 bits per heavy atom. The summed E-state index contributed by atoms with van der Waals surface area (Å²) < 4.78 is 2.22. The number of benzene rings is 5. The molecule has 0 saturated carbocycles. The van der Waals surface area contributed by atoms with Gasteiger partial charge in [-0.2, -0.15) is 0 Å². The number of hydrogen-bond donors (Lipinski definition) is 0. The minimum Gasteiger partial charge on any atom is -0.278 e. The maximum Gasteiger partial charge on any atom is 0.235 e. The average molecular weight is 540 g/mol. The number of aromatic nitrogens is 3. The molecule has 0 N–H and O–H groups in total. The number of hydrogen-bond acceptors (Lipinski definition) is 2. The van der Waals surface area contributed by atoms with E-state index in [4.69, 9.17) is 9.97 Å². The lowest BCUT2D eigenvalue weighted by atomic mass is 9.84. The number of rotatable bonds is 4. The summed E-state index contributed by atoms with van der Waals surface area (Å²) in [6.45, 7) is 4.50. The quantitative estimate of drug-likeness (QED) is 0.223. The van der Waals surface area contributed by atoms with Crippen LogP contribution in [0, 0.1) is 0 Å². The lowest BCUT2D eigenvalue weighted by molar-refractivity contribution is 0.677. The van der Waals surface area contributed by atoms with E-state index in [0.717, 1.165) is 33.5 Å². The van der Waals surface area contributed by atoms with Crippen LogP contribution in [0.5, 0.6) is 0 Å². The molecule has 200 valence electrons. The predicted molar refractivity (Wildman–Crippen MR) is 175 cm³/mol. The van der Waals surface area contributed by atoms with Crippen molar-refractivity contribution in [1.82, 2.24) is 14.5 Å². The van der Waals surface area contributed by atoms with Crippen molar-refractivity contribution in [3.8, 4) is 39.5 Å². The van der Waals surface area contributed by atoms with Gasteiger partial charge in [-0.3, -0.25) is 4.57 Å². The van der Waals surface area contributed by atoms with Crippen molar-refractivity contribution < 1.29 is 0 Å². The first-order valence-corrected chi connectivity index (χ1v) is 14.4. The molecule has 0 unspecified atom stereocenters. The molecular formula is C39H29N3. The van der Waals surface area contributed by atoms with Crippen LogP contribution >= 0.6 is 0 Å². The normalized spacial score (nSPS) is 13.6. The van der Waals surface area contributed by atoms with Crippen LogP contribution in [0.3, 0.4) is 0 Å². The number of allylic oxidation sites excluding steroid dienone is 1. The Labute approximate surface area is 245 Å². The summed E-state index contributed by atoms with van der Waals surface area (Å²) >= 11 is 0. The molecule has 0 bridgehead atoms. The van der Waals surface area contributed by atoms with E-state index in [0.29, 0.717) is 5.95 Å². The highest BCUT2D eigenvalue weighted by Crippen LogP contribution is 2.43. The molecule has 1 aliphatic carbocycles. The van der Waals surface area contributed by atoms with Gasteiger partial charge in [0.1, 0.15) is 0 Å². The first kappa shape index (κ1) is 24.5. The van der Waals surface area contributed by atoms with E-state index < -0.39 is 0 Å². The molecule has 8 rings (SSSR count). The maximum absolute atomic E-state index is 5.43. The number of nitrogens with zero attached hydrogens (tertiary/aromatic N) is 3. The van der Waals surface area contributed by atoms with Crippen LogP contribution in [0.15, 0.2) is 133 Å². The Balaban J connectivity index is 1.44. The van der Waals surface area contributed by atoms with Crippen LogP contribution < -0.4 is 0 Å². The van der Waals surface area contributed by atoms with E-state index in [1.807, 2.05) is 0 Å². The van der Waals surface area contributed by atoms with E-state index in [2.05, 4.69) is 158 Å². The van der Waals surface area contributed by atoms with Gasteiger partial charge in [-0.05, 0) is 58.7 Å². The van der Waals surface area contributed by atoms with Crippen molar-refractivity contribution in [3.05, 3.63) is 145 Å². The van der Waals surface area contributed by atoms with Gasteiger partial charge < -0.3 is 0 Å². The lowest BCUT2D eigenvalue weighted by Crippen LogP contribution is -2.16. The second kappa shape index (κ2) is 9.39. The molecule has 7 aromatic rings. The molecule has 2 aromatic heterocycles. The van der Waals surface area contributed by atoms with Gasteiger partial charge in [0, 0.05) is 27.3 Å². The van der Waals surface area contributed by atoms with E-state index in [1.54, 1.807) is 0 Å². The highest BCUT2D eigenvalue weighted by molar-refractivity contribution is 6.09. The van der Waals surface area contributed by atoms with Gasteiger partial charge in [-0.15, -0.1) is 0 Å². The van der Waals surface area contributed by atoms with Gasteiger partial charge in [-0.1, -0.05) is 117 Å². The third-order valence-electron chi connectivity index (χ3n) is 8.43. The van der Waals surface area contributed by atoms with Gasteiger partial charge >= 0.3 is 0 Å². The van der Waals surface area contributed by atoms with Crippen molar-refractivity contribution in [1.29, 1.82) is 0 Å². The number of para-hydroxylation sites is 2. The SMILES string of the molecule is CC1(C)C=Cc2nc(-n3c4ccccc4c4ccccc43)nc(-c3cc(-c4ccccc4)cc(-c4ccccc4)c3)c21. The molecule has 3 nitrogen and oxygen atoms in total. The zero-order valence-electron chi connectivity index (χ0n) is 23.6. The Bertz CT molecular complexity index is 2040. The Kier molecular flexibility index (Phi) is 5.48. The standard InChI is InChI=1S/C39H29N3/c1-39(2)22-21-33-36(39)37(41-38(40-33)42-34-19-11-9-17-31(34)32-18-10-12-20-35(32)42)30-24-28(26-13-5-3-6-14-26)23-29(25-30)27-15-7-4-8-16-27/h3-25H,1-2H3. The van der Waals surface area contributed by atoms with Crippen LogP contribution in [0.1, 0.15) is 25.1 Å². The Morgan fingerprint density at radius 3 is 1.60 bits per heavy atom. The summed E-state index contributed by atoms with van der Waals surface area (Å²) in [5.74, 6) is 0.690. The summed E-state index contributed by atoms with van der Waals surface area (Å²) in [4.78, 5) is 10.6. The summed E-state index contributed by atoms with van der Waals surface area (Å²) in [5, 5.41) is 2.40. The molecule has 5 aromatic carbocycles. The molecule has 0 saturated heterocycles. The fraction of sp³-hybridized carbons (Fsp3) is 0.0769. The Morgan fingerprint density at radius 2 is 1.02 bits per heavy atom. The third kappa shape index (κ3) is 3.89. The van der Waals surface area contributed by atoms with Gasteiger partial charge in [-0.25, -0.2) is 9.97 Å². The fourth-order valence-electron chi connectivity index (χ4n) is 6.40. The maximum atomic E-state index is 5.43. The third-order valence-corrected chi connectivity index (χ3v) is 8.43. The molecule has 0 atom stereocenters. The largest absolute Gasteiger partial charge is 0.278 e. The molecule has 0 aliphatic heterocycles. The van der Waals surface area contributed by atoms with Gasteiger partial charge in [0.15, 0.2) is 0 Å². The Hall–Kier alpha value is -5.28. The van der Waals surface area contributed by atoms with Crippen molar-refractivity contribution in [2.24, 2.45) is 0 Å². The van der Waals surface area contributed by atoms with E-state index in [-0.39, 0.29) is 5.41 Å². The van der Waals surface area contributed by atoms with Crippen molar-refractivity contribution in [2.75, 3.05) is 0 Å². The molecule has 0 radical (unpaired) electrons. The molecule has 0 fully saturated rings. The molecule has 0 spiro atoms. The highest BCUT2D eigenvalue weighted by atomic mass is 15.2. The van der Waals surface area contributed by atoms with Crippen molar-refractivity contribution in [2.45, 2.75) is 19.3 Å². The van der Waals surface area contributed by atoms with Gasteiger partial charge in [0.2, 0.25) is 5.95 Å².